The molecule has 0 saturated heterocycles. The molecule has 0 heterocycles. The van der Waals surface area contributed by atoms with Gasteiger partial charge < -0.3 is 4.18 Å². The van der Waals surface area contributed by atoms with Gasteiger partial charge in [-0.3, -0.25) is 0 Å². The van der Waals surface area contributed by atoms with E-state index in [9.17, 15) is 21.6 Å². The van der Waals surface area contributed by atoms with E-state index in [0.717, 1.165) is 12.3 Å². The number of hydrogen-bond acceptors (Lipinski definition) is 3. The van der Waals surface area contributed by atoms with E-state index < -0.39 is 21.9 Å². The van der Waals surface area contributed by atoms with Crippen molar-refractivity contribution in [2.45, 2.75) is 13.1 Å². The predicted octanol–water partition coefficient (Wildman–Crippen LogP) is 2.35. The normalized spacial score (nSPS) is 12.6. The van der Waals surface area contributed by atoms with Crippen LogP contribution in [0.25, 0.3) is 0 Å². The molecule has 0 aliphatic carbocycles. The summed E-state index contributed by atoms with van der Waals surface area (Å²) in [5, 5.41) is 0. The van der Waals surface area contributed by atoms with Gasteiger partial charge in [0.05, 0.1) is 11.8 Å². The molecule has 7 heteroatoms. The molecule has 0 aliphatic rings. The second-order valence-electron chi connectivity index (χ2n) is 3.32. The van der Waals surface area contributed by atoms with Crippen molar-refractivity contribution in [1.82, 2.24) is 0 Å². The number of aryl methyl sites for hydroxylation is 1. The molecule has 1 aromatic rings. The van der Waals surface area contributed by atoms with Crippen LogP contribution in [0, 0.1) is 6.92 Å². The average Bonchev–Trinajstić information content (AvgIpc) is 1.97. The molecule has 0 bridgehead atoms. The number of halogens is 3. The molecule has 0 aromatic heterocycles. The quantitative estimate of drug-likeness (QED) is 0.761. The lowest BCUT2D eigenvalue weighted by atomic mass is 10.1. The third-order valence-electron chi connectivity index (χ3n) is 1.63. The zero-order chi connectivity index (χ0) is 12.6. The highest BCUT2D eigenvalue weighted by molar-refractivity contribution is 7.86. The van der Waals surface area contributed by atoms with E-state index in [-0.39, 0.29) is 11.3 Å². The first-order valence-electron chi connectivity index (χ1n) is 4.16. The van der Waals surface area contributed by atoms with Crippen LogP contribution >= 0.6 is 0 Å². The summed E-state index contributed by atoms with van der Waals surface area (Å²) in [7, 11) is -3.82. The van der Waals surface area contributed by atoms with E-state index in [1.54, 1.807) is 0 Å². The molecule has 0 radical (unpaired) electrons. The van der Waals surface area contributed by atoms with Gasteiger partial charge in [-0.05, 0) is 30.7 Å². The fourth-order valence-corrected chi connectivity index (χ4v) is 1.58. The lowest BCUT2D eigenvalue weighted by molar-refractivity contribution is -0.137. The minimum Gasteiger partial charge on any atom is -0.383 e. The number of hydrogen-bond donors (Lipinski definition) is 0. The summed E-state index contributed by atoms with van der Waals surface area (Å²) in [5.74, 6) is -0.338. The lowest BCUT2D eigenvalue weighted by Gasteiger charge is -2.10. The molecule has 0 fully saturated rings. The van der Waals surface area contributed by atoms with Crippen molar-refractivity contribution in [3.05, 3.63) is 29.3 Å². The first kappa shape index (κ1) is 12.8. The van der Waals surface area contributed by atoms with Crippen LogP contribution in [-0.4, -0.2) is 14.7 Å². The molecule has 90 valence electrons. The maximum atomic E-state index is 12.4. The summed E-state index contributed by atoms with van der Waals surface area (Å²) in [6.07, 6.45) is -3.76. The van der Waals surface area contributed by atoms with Gasteiger partial charge in [0.2, 0.25) is 0 Å². The predicted molar refractivity (Wildman–Crippen MR) is 51.7 cm³/mol. The molecule has 0 saturated carbocycles. The van der Waals surface area contributed by atoms with E-state index in [0.29, 0.717) is 6.07 Å². The Morgan fingerprint density at radius 1 is 1.19 bits per heavy atom. The molecule has 0 atom stereocenters. The highest BCUT2D eigenvalue weighted by Crippen LogP contribution is 2.32. The molecule has 0 N–H and O–H groups in total. The SMILES string of the molecule is Cc1cc(OS(C)(=O)=O)cc(C(F)(F)F)c1. The second-order valence-corrected chi connectivity index (χ2v) is 4.89. The summed E-state index contributed by atoms with van der Waals surface area (Å²) in [4.78, 5) is 0. The Morgan fingerprint density at radius 2 is 1.75 bits per heavy atom. The van der Waals surface area contributed by atoms with Crippen LogP contribution in [0.1, 0.15) is 11.1 Å². The van der Waals surface area contributed by atoms with Gasteiger partial charge in [-0.1, -0.05) is 0 Å². The molecule has 0 amide bonds. The van der Waals surface area contributed by atoms with Crippen LogP contribution in [0.4, 0.5) is 13.2 Å². The van der Waals surface area contributed by atoms with Crippen molar-refractivity contribution in [1.29, 1.82) is 0 Å². The van der Waals surface area contributed by atoms with Gasteiger partial charge in [-0.25, -0.2) is 0 Å². The van der Waals surface area contributed by atoms with Crippen molar-refractivity contribution in [3.8, 4) is 5.75 Å². The zero-order valence-corrected chi connectivity index (χ0v) is 9.32. The summed E-state index contributed by atoms with van der Waals surface area (Å²) < 4.78 is 63.1. The van der Waals surface area contributed by atoms with Crippen molar-refractivity contribution in [2.75, 3.05) is 6.26 Å². The van der Waals surface area contributed by atoms with Crippen molar-refractivity contribution >= 4 is 10.1 Å². The molecule has 3 nitrogen and oxygen atoms in total. The Hall–Kier alpha value is -1.24. The van der Waals surface area contributed by atoms with Crippen LogP contribution < -0.4 is 4.18 Å². The molecule has 1 rings (SSSR count). The highest BCUT2D eigenvalue weighted by Gasteiger charge is 2.31. The van der Waals surface area contributed by atoms with Crippen molar-refractivity contribution in [3.63, 3.8) is 0 Å². The van der Waals surface area contributed by atoms with Gasteiger partial charge >= 0.3 is 16.3 Å². The lowest BCUT2D eigenvalue weighted by Crippen LogP contribution is -2.09. The van der Waals surface area contributed by atoms with Crippen LogP contribution in [0.15, 0.2) is 18.2 Å². The second kappa shape index (κ2) is 3.97. The molecule has 16 heavy (non-hydrogen) atoms. The van der Waals surface area contributed by atoms with Gasteiger partial charge in [0.15, 0.2) is 0 Å². The third-order valence-corrected chi connectivity index (χ3v) is 2.12. The standard InChI is InChI=1S/C9H9F3O3S/c1-6-3-7(9(10,11)12)5-8(4-6)15-16(2,13)14/h3-5H,1-2H3. The van der Waals surface area contributed by atoms with Crippen molar-refractivity contribution in [2.24, 2.45) is 0 Å². The van der Waals surface area contributed by atoms with Crippen molar-refractivity contribution < 1.29 is 25.8 Å². The van der Waals surface area contributed by atoms with Gasteiger partial charge in [-0.2, -0.15) is 21.6 Å². The summed E-state index contributed by atoms with van der Waals surface area (Å²) in [6, 6.07) is 2.78. The van der Waals surface area contributed by atoms with E-state index >= 15 is 0 Å². The Labute approximate surface area is 91.0 Å². The first-order valence-corrected chi connectivity index (χ1v) is 5.98. The fraction of sp³-hybridized carbons (Fsp3) is 0.333. The smallest absolute Gasteiger partial charge is 0.383 e. The Kier molecular flexibility index (Phi) is 3.18. The van der Waals surface area contributed by atoms with Crippen LogP contribution in [0.2, 0.25) is 0 Å². The molecule has 0 spiro atoms. The Balaban J connectivity index is 3.19. The topological polar surface area (TPSA) is 43.4 Å². The summed E-state index contributed by atoms with van der Waals surface area (Å²) >= 11 is 0. The molecular weight excluding hydrogens is 245 g/mol. The molecule has 1 aromatic carbocycles. The maximum absolute atomic E-state index is 12.4. The van der Waals surface area contributed by atoms with E-state index in [2.05, 4.69) is 4.18 Å². The maximum Gasteiger partial charge on any atom is 0.416 e. The Morgan fingerprint density at radius 3 is 2.19 bits per heavy atom. The number of alkyl halides is 3. The van der Waals surface area contributed by atoms with Crippen LogP contribution in [0.3, 0.4) is 0 Å². The number of benzene rings is 1. The third kappa shape index (κ3) is 3.73. The van der Waals surface area contributed by atoms with E-state index in [4.69, 9.17) is 0 Å². The Bertz CT molecular complexity index is 491. The zero-order valence-electron chi connectivity index (χ0n) is 8.50. The highest BCUT2D eigenvalue weighted by atomic mass is 32.2. The monoisotopic (exact) mass is 254 g/mol. The molecule has 0 aliphatic heterocycles. The van der Waals surface area contributed by atoms with Gasteiger partial charge in [0.1, 0.15) is 5.75 Å². The minimum absolute atomic E-state index is 0.272. The van der Waals surface area contributed by atoms with Crippen LogP contribution in [0.5, 0.6) is 5.75 Å². The average molecular weight is 254 g/mol. The number of rotatable bonds is 2. The molecular formula is C9H9F3O3S. The van der Waals surface area contributed by atoms with E-state index in [1.165, 1.54) is 13.0 Å². The van der Waals surface area contributed by atoms with Gasteiger partial charge in [-0.15, -0.1) is 0 Å². The van der Waals surface area contributed by atoms with Crippen LogP contribution in [-0.2, 0) is 16.3 Å². The minimum atomic E-state index is -4.53. The largest absolute Gasteiger partial charge is 0.416 e. The fourth-order valence-electron chi connectivity index (χ4n) is 1.13. The van der Waals surface area contributed by atoms with Gasteiger partial charge in [0, 0.05) is 0 Å². The summed E-state index contributed by atoms with van der Waals surface area (Å²) in [6.45, 7) is 1.42. The molecule has 0 unspecified atom stereocenters. The van der Waals surface area contributed by atoms with E-state index in [1.807, 2.05) is 0 Å². The first-order chi connectivity index (χ1) is 7.08. The van der Waals surface area contributed by atoms with Gasteiger partial charge in [0.25, 0.3) is 0 Å². The summed E-state index contributed by atoms with van der Waals surface area (Å²) in [5.41, 5.74) is -0.667.